The third kappa shape index (κ3) is 88.6. The highest BCUT2D eigenvalue weighted by Crippen LogP contribution is 2.03. The molecule has 0 bridgehead atoms. The van der Waals surface area contributed by atoms with Crippen LogP contribution in [0.15, 0.2) is 0 Å². The summed E-state index contributed by atoms with van der Waals surface area (Å²) in [6.45, 7) is 3.34. The van der Waals surface area contributed by atoms with Gasteiger partial charge in [-0.25, -0.2) is 0 Å². The molecule has 11 heteroatoms. The Hall–Kier alpha value is -0.130. The predicted molar refractivity (Wildman–Crippen MR) is 97.6 cm³/mol. The van der Waals surface area contributed by atoms with E-state index in [0.717, 1.165) is 33.1 Å². The van der Waals surface area contributed by atoms with E-state index in [-0.39, 0.29) is 19.8 Å². The molecule has 0 atom stereocenters. The minimum atomic E-state index is -5.39. The van der Waals surface area contributed by atoms with Crippen molar-refractivity contribution in [1.29, 1.82) is 0 Å². The van der Waals surface area contributed by atoms with Crippen LogP contribution in [0.5, 0.6) is 0 Å². The molecule has 0 aliphatic heterocycles. The number of quaternary nitrogens is 3. The summed E-state index contributed by atoms with van der Waals surface area (Å²) >= 11 is 0. The molecule has 0 rings (SSSR count). The van der Waals surface area contributed by atoms with Crippen LogP contribution in [0.4, 0.5) is 0 Å². The smallest absolute Gasteiger partial charge is 0.101 e. The Labute approximate surface area is 159 Å². The lowest BCUT2D eigenvalue weighted by Crippen LogP contribution is -2.36. The molecular weight excluding hydrogens is 365 g/mol. The van der Waals surface area contributed by atoms with Gasteiger partial charge in [0.05, 0.1) is 83.2 Å². The van der Waals surface area contributed by atoms with Crippen LogP contribution in [0.3, 0.4) is 0 Å². The van der Waals surface area contributed by atoms with Crippen LogP contribution in [0.1, 0.15) is 0 Å². The maximum Gasteiger partial charge on any atom is 0.101 e. The Morgan fingerprint density at radius 2 is 0.692 bits per heavy atom. The molecule has 26 heavy (non-hydrogen) atoms. The van der Waals surface area contributed by atoms with Gasteiger partial charge >= 0.3 is 0 Å². The normalized spacial score (nSPS) is 12.0. The van der Waals surface area contributed by atoms with Crippen LogP contribution in [-0.4, -0.2) is 132 Å². The molecule has 3 N–H and O–H groups in total. The van der Waals surface area contributed by atoms with E-state index in [2.05, 4.69) is 63.4 Å². The maximum absolute atomic E-state index is 8.55. The van der Waals surface area contributed by atoms with E-state index in [4.69, 9.17) is 34.6 Å². The number of likely N-dealkylation sites (N-methyl/N-ethyl adjacent to an activating group) is 3. The highest BCUT2D eigenvalue weighted by molar-refractivity contribution is 7.40. The fourth-order valence-corrected chi connectivity index (χ4v) is 0.900. The van der Waals surface area contributed by atoms with Crippen LogP contribution in [0.25, 0.3) is 0 Å². The molecule has 0 aromatic heterocycles. The van der Waals surface area contributed by atoms with Gasteiger partial charge in [-0.2, -0.15) is 7.82 Å². The lowest BCUT2D eigenvalue weighted by Gasteiger charge is -2.36. The monoisotopic (exact) mass is 407 g/mol. The molecule has 0 saturated heterocycles. The van der Waals surface area contributed by atoms with Crippen molar-refractivity contribution in [1.82, 2.24) is 0 Å². The predicted octanol–water partition coefficient (Wildman–Crippen LogP) is -3.77. The van der Waals surface area contributed by atoms with Gasteiger partial charge in [-0.1, -0.05) is 0 Å². The van der Waals surface area contributed by atoms with E-state index in [1.54, 1.807) is 0 Å². The molecule has 0 aliphatic rings. The van der Waals surface area contributed by atoms with Gasteiger partial charge < -0.3 is 48.0 Å². The second-order valence-corrected chi connectivity index (χ2v) is 9.55. The molecule has 0 heterocycles. The minimum Gasteiger partial charge on any atom is -0.822 e. The van der Waals surface area contributed by atoms with Crippen molar-refractivity contribution in [3.05, 3.63) is 0 Å². The summed E-state index contributed by atoms with van der Waals surface area (Å²) in [5.74, 6) is 0. The maximum atomic E-state index is 8.55. The summed E-state index contributed by atoms with van der Waals surface area (Å²) < 4.78 is 11.1. The highest BCUT2D eigenvalue weighted by Gasteiger charge is 2.03. The molecule has 10 nitrogen and oxygen atoms in total. The molecule has 0 radical (unpaired) electrons. The number of aliphatic hydroxyl groups excluding tert-OH is 3. The van der Waals surface area contributed by atoms with E-state index in [0.29, 0.717) is 0 Å². The van der Waals surface area contributed by atoms with Gasteiger partial charge in [0.1, 0.15) is 19.6 Å². The van der Waals surface area contributed by atoms with E-state index < -0.39 is 7.82 Å². The second-order valence-electron chi connectivity index (χ2n) is 8.66. The fraction of sp³-hybridized carbons (Fsp3) is 1.00. The van der Waals surface area contributed by atoms with Gasteiger partial charge in [-0.15, -0.1) is 0 Å². The molecule has 0 spiro atoms. The summed E-state index contributed by atoms with van der Waals surface area (Å²) in [6.07, 6.45) is 0. The van der Waals surface area contributed by atoms with Crippen LogP contribution in [0.2, 0.25) is 0 Å². The zero-order valence-corrected chi connectivity index (χ0v) is 18.9. The fourth-order valence-electron chi connectivity index (χ4n) is 0.900. The Morgan fingerprint density at radius 1 is 0.577 bits per heavy atom. The van der Waals surface area contributed by atoms with Crippen molar-refractivity contribution < 1.29 is 48.0 Å². The summed E-state index contributed by atoms with van der Waals surface area (Å²) in [4.78, 5) is 25.6. The lowest BCUT2D eigenvalue weighted by atomic mass is 10.5. The standard InChI is InChI=1S/3C5H14NO.H3O4P/c3*1-6(2,3)4-5-7;1-5(2,3)4/h3*7H,4-5H2,1-3H3;(H3,1,2,3,4)/q3*+1;/p-3. The van der Waals surface area contributed by atoms with E-state index in [1.165, 1.54) is 0 Å². The second kappa shape index (κ2) is 15.9. The first-order valence-electron chi connectivity index (χ1n) is 8.15. The van der Waals surface area contributed by atoms with Crippen molar-refractivity contribution in [3.8, 4) is 0 Å². The van der Waals surface area contributed by atoms with Crippen LogP contribution >= 0.6 is 7.82 Å². The third-order valence-electron chi connectivity index (χ3n) is 2.31. The zero-order valence-electron chi connectivity index (χ0n) is 18.0. The van der Waals surface area contributed by atoms with E-state index in [1.807, 2.05) is 0 Å². The first-order valence-corrected chi connectivity index (χ1v) is 9.61. The molecule has 0 aromatic carbocycles. The lowest BCUT2D eigenvalue weighted by molar-refractivity contribution is -0.870. The van der Waals surface area contributed by atoms with Crippen LogP contribution < -0.4 is 14.7 Å². The van der Waals surface area contributed by atoms with E-state index >= 15 is 0 Å². The number of nitrogens with zero attached hydrogens (tertiary/aromatic N) is 3. The number of hydrogen-bond donors (Lipinski definition) is 3. The average molecular weight is 407 g/mol. The van der Waals surface area contributed by atoms with Gasteiger partial charge in [0.2, 0.25) is 0 Å². The average Bonchev–Trinajstić information content (AvgIpc) is 2.22. The van der Waals surface area contributed by atoms with Gasteiger partial charge in [0.25, 0.3) is 0 Å². The topological polar surface area (TPSA) is 147 Å². The first kappa shape index (κ1) is 33.5. The summed E-state index contributed by atoms with van der Waals surface area (Å²) in [5.41, 5.74) is 0. The number of aliphatic hydroxyl groups is 3. The highest BCUT2D eigenvalue weighted by atomic mass is 31.2. The molecule has 0 amide bonds. The van der Waals surface area contributed by atoms with E-state index in [9.17, 15) is 0 Å². The summed E-state index contributed by atoms with van der Waals surface area (Å²) in [5, 5.41) is 25.2. The Morgan fingerprint density at radius 3 is 0.692 bits per heavy atom. The van der Waals surface area contributed by atoms with Gasteiger partial charge in [0, 0.05) is 0 Å². The van der Waals surface area contributed by atoms with Gasteiger partial charge in [0.15, 0.2) is 0 Å². The molecule has 0 aliphatic carbocycles. The first-order chi connectivity index (χ1) is 11.2. The molecule has 164 valence electrons. The van der Waals surface area contributed by atoms with Crippen molar-refractivity contribution in [2.45, 2.75) is 0 Å². The van der Waals surface area contributed by atoms with Crippen LogP contribution in [-0.2, 0) is 4.57 Å². The van der Waals surface area contributed by atoms with Crippen LogP contribution in [0, 0.1) is 0 Å². The Kier molecular flexibility index (Phi) is 20.4. The largest absolute Gasteiger partial charge is 0.822 e. The Bertz CT molecular complexity index is 298. The SMILES string of the molecule is C[N+](C)(C)CCO.C[N+](C)(C)CCO.C[N+](C)(C)CCO.O=P([O-])([O-])[O-]. The molecule has 0 unspecified atom stereocenters. The quantitative estimate of drug-likeness (QED) is 0.302. The summed E-state index contributed by atoms with van der Waals surface area (Å²) in [7, 11) is 13.1. The van der Waals surface area contributed by atoms with Crippen molar-refractivity contribution in [2.24, 2.45) is 0 Å². The van der Waals surface area contributed by atoms with Crippen molar-refractivity contribution in [2.75, 3.05) is 103 Å². The number of rotatable bonds is 6. The number of hydrogen-bond acceptors (Lipinski definition) is 7. The third-order valence-corrected chi connectivity index (χ3v) is 2.31. The van der Waals surface area contributed by atoms with Crippen molar-refractivity contribution in [3.63, 3.8) is 0 Å². The molecule has 0 aromatic rings. The molecular formula is C15H42N3O7P. The zero-order chi connectivity index (χ0) is 22.2. The summed E-state index contributed by atoms with van der Waals surface area (Å²) in [6, 6.07) is 0. The molecule has 0 saturated carbocycles. The minimum absolute atomic E-state index is 0.281. The van der Waals surface area contributed by atoms with Gasteiger partial charge in [-0.05, 0) is 0 Å². The molecule has 0 fully saturated rings. The van der Waals surface area contributed by atoms with Crippen molar-refractivity contribution >= 4 is 7.82 Å². The number of phosphoric acid groups is 1. The van der Waals surface area contributed by atoms with Gasteiger partial charge in [-0.3, -0.25) is 0 Å². The Balaban J connectivity index is -0.000000125.